The van der Waals surface area contributed by atoms with Crippen molar-refractivity contribution in [2.75, 3.05) is 5.43 Å². The molecule has 0 unspecified atom stereocenters. The van der Waals surface area contributed by atoms with Crippen LogP contribution >= 0.6 is 23.8 Å². The van der Waals surface area contributed by atoms with Crippen LogP contribution in [-0.2, 0) is 6.54 Å². The number of benzene rings is 2. The Bertz CT molecular complexity index is 927. The summed E-state index contributed by atoms with van der Waals surface area (Å²) in [7, 11) is 0. The number of rotatable bonds is 4. The average Bonchev–Trinajstić information content (AvgIpc) is 2.59. The lowest BCUT2D eigenvalue weighted by molar-refractivity contribution is 0.886. The van der Waals surface area contributed by atoms with Crippen LogP contribution in [0.2, 0.25) is 5.02 Å². The van der Waals surface area contributed by atoms with Gasteiger partial charge in [-0.2, -0.15) is 0 Å². The third-order valence-corrected chi connectivity index (χ3v) is 3.89. The topological polar surface area (TPSA) is 69.0 Å². The van der Waals surface area contributed by atoms with Crippen molar-refractivity contribution >= 4 is 45.5 Å². The summed E-state index contributed by atoms with van der Waals surface area (Å²) in [6, 6.07) is 16.6. The first-order chi connectivity index (χ1) is 11.6. The van der Waals surface area contributed by atoms with Gasteiger partial charge in [-0.15, -0.1) is 0 Å². The summed E-state index contributed by atoms with van der Waals surface area (Å²) in [5.74, 6) is 0. The van der Waals surface area contributed by atoms with Gasteiger partial charge in [-0.25, -0.2) is 0 Å². The van der Waals surface area contributed by atoms with Crippen molar-refractivity contribution in [3.63, 3.8) is 0 Å². The number of halogens is 1. The number of anilines is 1. The van der Waals surface area contributed by atoms with E-state index in [0.29, 0.717) is 27.9 Å². The van der Waals surface area contributed by atoms with Crippen LogP contribution in [-0.4, -0.2) is 10.1 Å². The van der Waals surface area contributed by atoms with Crippen LogP contribution < -0.4 is 21.7 Å². The third-order valence-electron chi connectivity index (χ3n) is 3.41. The molecule has 2 aromatic carbocycles. The summed E-state index contributed by atoms with van der Waals surface area (Å²) in [5.41, 5.74) is 8.04. The van der Waals surface area contributed by atoms with Crippen LogP contribution in [0.3, 0.4) is 0 Å². The highest BCUT2D eigenvalue weighted by Gasteiger charge is 2.05. The van der Waals surface area contributed by atoms with E-state index in [4.69, 9.17) is 23.8 Å². The van der Waals surface area contributed by atoms with Crippen LogP contribution in [0.1, 0.15) is 5.56 Å². The summed E-state index contributed by atoms with van der Waals surface area (Å²) in [4.78, 5) is 14.5. The van der Waals surface area contributed by atoms with Crippen molar-refractivity contribution in [1.82, 2.24) is 15.7 Å². The number of thiocarbonyl (C=S) groups is 1. The molecule has 0 aliphatic rings. The second kappa shape index (κ2) is 7.33. The first kappa shape index (κ1) is 16.3. The molecule has 0 aliphatic carbocycles. The molecule has 4 N–H and O–H groups in total. The number of fused-ring (bicyclic) bond motifs is 1. The maximum absolute atomic E-state index is 11.7. The van der Waals surface area contributed by atoms with E-state index in [1.807, 2.05) is 30.3 Å². The number of aromatic nitrogens is 1. The standard InChI is InChI=1S/C17H15ClN4OS/c18-12-6-7-14-13(8-12)15(9-16(23)20-14)21-22-17(24)19-10-11-4-2-1-3-5-11/h1-9H,10H2,(H2,19,22,24)(H2,20,21,23). The van der Waals surface area contributed by atoms with Crippen LogP contribution in [0.5, 0.6) is 0 Å². The van der Waals surface area contributed by atoms with E-state index in [9.17, 15) is 4.79 Å². The number of pyridine rings is 1. The first-order valence-electron chi connectivity index (χ1n) is 7.28. The highest BCUT2D eigenvalue weighted by atomic mass is 35.5. The largest absolute Gasteiger partial charge is 0.357 e. The summed E-state index contributed by atoms with van der Waals surface area (Å²) in [6.45, 7) is 0.607. The van der Waals surface area contributed by atoms with Gasteiger partial charge in [0.1, 0.15) is 0 Å². The van der Waals surface area contributed by atoms with Crippen molar-refractivity contribution in [3.05, 3.63) is 75.5 Å². The molecular formula is C17H15ClN4OS. The van der Waals surface area contributed by atoms with E-state index in [1.165, 1.54) is 6.07 Å². The third kappa shape index (κ3) is 4.04. The molecule has 1 heterocycles. The molecule has 0 bridgehead atoms. The molecule has 0 radical (unpaired) electrons. The fraction of sp³-hybridized carbons (Fsp3) is 0.0588. The van der Waals surface area contributed by atoms with E-state index in [-0.39, 0.29) is 5.56 Å². The highest BCUT2D eigenvalue weighted by molar-refractivity contribution is 7.80. The molecule has 0 amide bonds. The quantitative estimate of drug-likeness (QED) is 0.426. The number of H-pyrrole nitrogens is 1. The van der Waals surface area contributed by atoms with Gasteiger partial charge in [0.25, 0.3) is 5.56 Å². The van der Waals surface area contributed by atoms with Crippen LogP contribution in [0.15, 0.2) is 59.4 Å². The van der Waals surface area contributed by atoms with Gasteiger partial charge in [0, 0.05) is 23.0 Å². The number of hydrogen-bond donors (Lipinski definition) is 4. The fourth-order valence-electron chi connectivity index (χ4n) is 2.28. The van der Waals surface area contributed by atoms with E-state index in [1.54, 1.807) is 18.2 Å². The van der Waals surface area contributed by atoms with E-state index in [2.05, 4.69) is 21.2 Å². The molecule has 5 nitrogen and oxygen atoms in total. The Morgan fingerprint density at radius 3 is 2.71 bits per heavy atom. The van der Waals surface area contributed by atoms with Crippen LogP contribution in [0, 0.1) is 0 Å². The second-order valence-electron chi connectivity index (χ2n) is 5.16. The van der Waals surface area contributed by atoms with Crippen molar-refractivity contribution in [3.8, 4) is 0 Å². The van der Waals surface area contributed by atoms with Crippen molar-refractivity contribution in [2.24, 2.45) is 0 Å². The predicted molar refractivity (Wildman–Crippen MR) is 102 cm³/mol. The monoisotopic (exact) mass is 358 g/mol. The second-order valence-corrected chi connectivity index (χ2v) is 6.00. The van der Waals surface area contributed by atoms with E-state index >= 15 is 0 Å². The molecule has 122 valence electrons. The van der Waals surface area contributed by atoms with Crippen LogP contribution in [0.4, 0.5) is 5.69 Å². The Morgan fingerprint density at radius 1 is 1.12 bits per heavy atom. The van der Waals surface area contributed by atoms with Crippen LogP contribution in [0.25, 0.3) is 10.9 Å². The van der Waals surface area contributed by atoms with Crippen molar-refractivity contribution in [1.29, 1.82) is 0 Å². The summed E-state index contributed by atoms with van der Waals surface area (Å²) >= 11 is 11.3. The number of nitrogens with one attached hydrogen (secondary N) is 4. The van der Waals surface area contributed by atoms with Crippen molar-refractivity contribution < 1.29 is 0 Å². The molecule has 3 aromatic rings. The minimum absolute atomic E-state index is 0.211. The molecule has 0 aliphatic heterocycles. The van der Waals surface area contributed by atoms with Gasteiger partial charge in [-0.3, -0.25) is 15.6 Å². The van der Waals surface area contributed by atoms with Gasteiger partial charge < -0.3 is 10.3 Å². The molecule has 0 fully saturated rings. The minimum atomic E-state index is -0.211. The number of aromatic amines is 1. The summed E-state index contributed by atoms with van der Waals surface area (Å²) in [6.07, 6.45) is 0. The predicted octanol–water partition coefficient (Wildman–Crippen LogP) is 3.17. The molecule has 1 aromatic heterocycles. The first-order valence-corrected chi connectivity index (χ1v) is 8.07. The molecule has 3 rings (SSSR count). The molecular weight excluding hydrogens is 344 g/mol. The number of hydrazine groups is 1. The van der Waals surface area contributed by atoms with Gasteiger partial charge in [0.05, 0.1) is 11.2 Å². The Morgan fingerprint density at radius 2 is 1.92 bits per heavy atom. The van der Waals surface area contributed by atoms with Gasteiger partial charge in [-0.1, -0.05) is 41.9 Å². The average molecular weight is 359 g/mol. The van der Waals surface area contributed by atoms with Gasteiger partial charge >= 0.3 is 0 Å². The SMILES string of the molecule is O=c1cc(NNC(=S)NCc2ccccc2)c2cc(Cl)ccc2[nH]1. The van der Waals surface area contributed by atoms with Gasteiger partial charge in [0.2, 0.25) is 0 Å². The highest BCUT2D eigenvalue weighted by Crippen LogP contribution is 2.22. The Hall–Kier alpha value is -2.57. The Labute approximate surface area is 149 Å². The molecule has 0 saturated carbocycles. The lowest BCUT2D eigenvalue weighted by atomic mass is 10.2. The number of hydrogen-bond acceptors (Lipinski definition) is 3. The van der Waals surface area contributed by atoms with Gasteiger partial charge in [0.15, 0.2) is 5.11 Å². The van der Waals surface area contributed by atoms with Crippen molar-refractivity contribution in [2.45, 2.75) is 6.54 Å². The Balaban J connectivity index is 1.68. The molecule has 7 heteroatoms. The normalized spacial score (nSPS) is 10.4. The van der Waals surface area contributed by atoms with Gasteiger partial charge in [-0.05, 0) is 36.0 Å². The molecule has 24 heavy (non-hydrogen) atoms. The fourth-order valence-corrected chi connectivity index (χ4v) is 2.57. The maximum Gasteiger partial charge on any atom is 0.250 e. The lowest BCUT2D eigenvalue weighted by Crippen LogP contribution is -2.38. The zero-order valence-corrected chi connectivity index (χ0v) is 14.2. The Kier molecular flexibility index (Phi) is 4.98. The molecule has 0 atom stereocenters. The van der Waals surface area contributed by atoms with E-state index in [0.717, 1.165) is 10.9 Å². The van der Waals surface area contributed by atoms with E-state index < -0.39 is 0 Å². The smallest absolute Gasteiger partial charge is 0.250 e. The summed E-state index contributed by atoms with van der Waals surface area (Å²) < 4.78 is 0. The summed E-state index contributed by atoms with van der Waals surface area (Å²) in [5, 5.41) is 4.89. The zero-order valence-electron chi connectivity index (χ0n) is 12.6. The molecule has 0 spiro atoms. The zero-order chi connectivity index (χ0) is 16.9. The lowest BCUT2D eigenvalue weighted by Gasteiger charge is -2.14. The minimum Gasteiger partial charge on any atom is -0.357 e. The molecule has 0 saturated heterocycles. The maximum atomic E-state index is 11.7.